The zero-order valence-corrected chi connectivity index (χ0v) is 39.1. The van der Waals surface area contributed by atoms with E-state index in [1.165, 1.54) is 50.1 Å². The van der Waals surface area contributed by atoms with Crippen LogP contribution in [0.15, 0.2) is 247 Å². The van der Waals surface area contributed by atoms with Gasteiger partial charge in [0.25, 0.3) is 0 Å². The van der Waals surface area contributed by atoms with Gasteiger partial charge in [0.1, 0.15) is 5.52 Å². The molecule has 0 aliphatic carbocycles. The number of pyridine rings is 4. The highest BCUT2D eigenvalue weighted by Crippen LogP contribution is 2.42. The Kier molecular flexibility index (Phi) is 11.9. The molecular formula is C66H48N4O. The lowest BCUT2D eigenvalue weighted by Gasteiger charge is -2.18. The molecule has 0 amide bonds. The van der Waals surface area contributed by atoms with Crippen molar-refractivity contribution < 1.29 is 4.42 Å². The van der Waals surface area contributed by atoms with E-state index in [4.69, 9.17) is 9.40 Å². The van der Waals surface area contributed by atoms with Crippen LogP contribution in [0.3, 0.4) is 0 Å². The van der Waals surface area contributed by atoms with E-state index in [0.29, 0.717) is 5.71 Å². The average Bonchev–Trinajstić information content (AvgIpc) is 3.83. The summed E-state index contributed by atoms with van der Waals surface area (Å²) >= 11 is 0. The third-order valence-electron chi connectivity index (χ3n) is 13.5. The second kappa shape index (κ2) is 19.5. The van der Waals surface area contributed by atoms with E-state index in [1.807, 2.05) is 48.8 Å². The summed E-state index contributed by atoms with van der Waals surface area (Å²) in [5.74, 6) is 0. The Morgan fingerprint density at radius 1 is 0.296 bits per heavy atom. The molecule has 338 valence electrons. The van der Waals surface area contributed by atoms with Gasteiger partial charge < -0.3 is 4.42 Å². The minimum absolute atomic E-state index is 0.582. The number of hydrogen-bond acceptors (Lipinski definition) is 5. The van der Waals surface area contributed by atoms with Crippen molar-refractivity contribution in [1.29, 1.82) is 0 Å². The van der Waals surface area contributed by atoms with Gasteiger partial charge >= 0.3 is 0 Å². The van der Waals surface area contributed by atoms with Crippen molar-refractivity contribution in [1.82, 2.24) is 19.9 Å². The second-order valence-corrected chi connectivity index (χ2v) is 18.1. The smallest absolute Gasteiger partial charge is 0.229 e. The highest BCUT2D eigenvalue weighted by atomic mass is 16.3. The molecule has 0 N–H and O–H groups in total. The molecular weight excluding hydrogens is 865 g/mol. The number of benzene rings is 7. The fourth-order valence-electron chi connectivity index (χ4n) is 9.79. The molecule has 5 heterocycles. The first-order valence-corrected chi connectivity index (χ1v) is 24.3. The van der Waals surface area contributed by atoms with Crippen LogP contribution in [0.2, 0.25) is 0 Å². The first-order chi connectivity index (χ1) is 35.1. The predicted octanol–water partition coefficient (Wildman–Crippen LogP) is 16.4. The van der Waals surface area contributed by atoms with Gasteiger partial charge in [0.2, 0.25) is 5.71 Å². The Hall–Kier alpha value is -9.06. The lowest BCUT2D eigenvalue weighted by molar-refractivity contribution is 0.654. The average molecular weight is 913 g/mol. The van der Waals surface area contributed by atoms with Crippen LogP contribution in [-0.2, 0) is 25.7 Å². The maximum absolute atomic E-state index is 6.21. The van der Waals surface area contributed by atoms with E-state index in [-0.39, 0.29) is 0 Å². The zero-order valence-electron chi connectivity index (χ0n) is 39.1. The number of aromatic nitrogens is 4. The monoisotopic (exact) mass is 912 g/mol. The third kappa shape index (κ3) is 9.29. The van der Waals surface area contributed by atoms with Crippen LogP contribution in [0.4, 0.5) is 0 Å². The van der Waals surface area contributed by atoms with E-state index >= 15 is 0 Å². The van der Waals surface area contributed by atoms with Gasteiger partial charge in [0.05, 0.1) is 22.5 Å². The molecule has 0 aliphatic rings. The van der Waals surface area contributed by atoms with Gasteiger partial charge in [-0.25, -0.2) is 4.98 Å². The van der Waals surface area contributed by atoms with Crippen molar-refractivity contribution in [2.24, 2.45) is 0 Å². The summed E-state index contributed by atoms with van der Waals surface area (Å²) in [5, 5.41) is 0.908. The molecule has 12 aromatic rings. The van der Waals surface area contributed by atoms with E-state index in [2.05, 4.69) is 203 Å². The van der Waals surface area contributed by atoms with Crippen molar-refractivity contribution in [3.8, 4) is 78.3 Å². The molecule has 0 bridgehead atoms. The van der Waals surface area contributed by atoms with E-state index in [0.717, 1.165) is 92.6 Å². The molecule has 0 radical (unpaired) electrons. The molecule has 5 aromatic heterocycles. The van der Waals surface area contributed by atoms with E-state index < -0.39 is 0 Å². The summed E-state index contributed by atoms with van der Waals surface area (Å²) in [7, 11) is 0. The maximum Gasteiger partial charge on any atom is 0.229 e. The van der Waals surface area contributed by atoms with Crippen LogP contribution in [-0.4, -0.2) is 19.9 Å². The molecule has 0 saturated heterocycles. The Morgan fingerprint density at radius 3 is 1.48 bits per heavy atom. The van der Waals surface area contributed by atoms with Crippen LogP contribution < -0.4 is 0 Å². The van der Waals surface area contributed by atoms with Gasteiger partial charge in [-0.05, 0) is 147 Å². The predicted molar refractivity (Wildman–Crippen MR) is 291 cm³/mol. The number of aryl methyl sites for hydroxylation is 4. The van der Waals surface area contributed by atoms with E-state index in [9.17, 15) is 0 Å². The third-order valence-corrected chi connectivity index (χ3v) is 13.5. The molecule has 0 atom stereocenters. The number of nitrogens with zero attached hydrogens (tertiary/aromatic N) is 4. The molecule has 0 unspecified atom stereocenters. The Morgan fingerprint density at radius 2 is 0.831 bits per heavy atom. The Labute approximate surface area is 413 Å². The molecule has 12 rings (SSSR count). The summed E-state index contributed by atoms with van der Waals surface area (Å²) in [5.41, 5.74) is 22.8. The topological polar surface area (TPSA) is 64.7 Å². The largest absolute Gasteiger partial charge is 0.436 e. The second-order valence-electron chi connectivity index (χ2n) is 18.1. The van der Waals surface area contributed by atoms with Crippen molar-refractivity contribution in [3.63, 3.8) is 0 Å². The number of fused-ring (bicyclic) bond motifs is 3. The van der Waals surface area contributed by atoms with Gasteiger partial charge in [0.15, 0.2) is 5.58 Å². The first kappa shape index (κ1) is 43.2. The molecule has 71 heavy (non-hydrogen) atoms. The van der Waals surface area contributed by atoms with Crippen LogP contribution in [0.25, 0.3) is 100 Å². The highest BCUT2D eigenvalue weighted by Gasteiger charge is 2.18. The summed E-state index contributed by atoms with van der Waals surface area (Å²) < 4.78 is 6.21. The van der Waals surface area contributed by atoms with Gasteiger partial charge in [-0.1, -0.05) is 170 Å². The van der Waals surface area contributed by atoms with Crippen LogP contribution in [0.5, 0.6) is 0 Å². The first-order valence-electron chi connectivity index (χ1n) is 24.3. The van der Waals surface area contributed by atoms with Crippen LogP contribution >= 0.6 is 0 Å². The number of furan rings is 1. The molecule has 0 fully saturated rings. The molecule has 5 heteroatoms. The molecule has 5 nitrogen and oxygen atoms in total. The van der Waals surface area contributed by atoms with Crippen molar-refractivity contribution in [2.45, 2.75) is 25.7 Å². The van der Waals surface area contributed by atoms with Crippen molar-refractivity contribution >= 4 is 22.2 Å². The zero-order chi connectivity index (χ0) is 47.3. The summed E-state index contributed by atoms with van der Waals surface area (Å²) in [6.07, 6.45) is 9.18. The standard InChI is InChI=1S/C66H48N4O/c1-2-11-49(12-3-1)50-30-32-51(33-31-50)60-44-54(63-37-36-59-65-64(17-10-40-69-65)71-66(59)70-63)34-35-58(60)57-14-5-4-13-56(57)55-42-47(20-18-45-22-26-52(27-23-45)61-15-6-8-38-67-61)41-48(43-55)21-19-46-24-28-53(29-25-46)62-16-7-9-39-68-62/h1-17,22-44H,18-21H2. The Balaban J connectivity index is 0.924. The Bertz CT molecular complexity index is 3670. The van der Waals surface area contributed by atoms with Crippen LogP contribution in [0.1, 0.15) is 22.3 Å². The van der Waals surface area contributed by atoms with Gasteiger partial charge in [0, 0.05) is 35.3 Å². The minimum Gasteiger partial charge on any atom is -0.436 e. The molecule has 0 aliphatic heterocycles. The van der Waals surface area contributed by atoms with Crippen molar-refractivity contribution in [3.05, 3.63) is 265 Å². The minimum atomic E-state index is 0.582. The molecule has 7 aromatic carbocycles. The van der Waals surface area contributed by atoms with Crippen molar-refractivity contribution in [2.75, 3.05) is 0 Å². The van der Waals surface area contributed by atoms with Gasteiger partial charge in [-0.3, -0.25) is 15.0 Å². The number of hydrogen-bond donors (Lipinski definition) is 0. The summed E-state index contributed by atoms with van der Waals surface area (Å²) in [6.45, 7) is 0. The molecule has 0 spiro atoms. The maximum atomic E-state index is 6.21. The summed E-state index contributed by atoms with van der Waals surface area (Å²) in [4.78, 5) is 18.8. The van der Waals surface area contributed by atoms with E-state index in [1.54, 1.807) is 6.20 Å². The van der Waals surface area contributed by atoms with Crippen LogP contribution in [0, 0.1) is 0 Å². The lowest BCUT2D eigenvalue weighted by Crippen LogP contribution is -1.98. The quantitative estimate of drug-likeness (QED) is 0.115. The normalized spacial score (nSPS) is 11.3. The molecule has 0 saturated carbocycles. The SMILES string of the molecule is c1ccc(-c2ccc(-c3cc(-c4ccc5c(n4)oc4cccnc45)ccc3-c3ccccc3-c3cc(CCc4ccc(-c5ccccn5)cc4)cc(CCc4ccc(-c5ccccn5)cc4)c3)cc2)cc1. The fraction of sp³-hybridized carbons (Fsp3) is 0.0606. The fourth-order valence-corrected chi connectivity index (χ4v) is 9.79. The van der Waals surface area contributed by atoms with Gasteiger partial charge in [-0.15, -0.1) is 0 Å². The highest BCUT2D eigenvalue weighted by molar-refractivity contribution is 6.01. The summed E-state index contributed by atoms with van der Waals surface area (Å²) in [6, 6.07) is 80.3. The lowest BCUT2D eigenvalue weighted by atomic mass is 9.86. The van der Waals surface area contributed by atoms with Gasteiger partial charge in [-0.2, -0.15) is 0 Å². The number of rotatable bonds is 13.